The van der Waals surface area contributed by atoms with Crippen LogP contribution in [0.1, 0.15) is 5.69 Å². The third kappa shape index (κ3) is 2.14. The molecule has 6 heteroatoms. The Hall–Kier alpha value is -1.37. The first-order valence-corrected chi connectivity index (χ1v) is 7.25. The van der Waals surface area contributed by atoms with Gasteiger partial charge in [-0.25, -0.2) is 4.98 Å². The van der Waals surface area contributed by atoms with Crippen molar-refractivity contribution in [3.05, 3.63) is 41.8 Å². The van der Waals surface area contributed by atoms with E-state index >= 15 is 0 Å². The van der Waals surface area contributed by atoms with E-state index in [0.29, 0.717) is 0 Å². The van der Waals surface area contributed by atoms with E-state index < -0.39 is 0 Å². The lowest BCUT2D eigenvalue weighted by atomic mass is 10.5. The number of fused-ring (bicyclic) bond motifs is 1. The number of nitrogens with one attached hydrogen (secondary N) is 1. The van der Waals surface area contributed by atoms with Gasteiger partial charge in [0, 0.05) is 35.4 Å². The zero-order valence-corrected chi connectivity index (χ0v) is 11.5. The third-order valence-electron chi connectivity index (χ3n) is 2.53. The van der Waals surface area contributed by atoms with E-state index in [1.54, 1.807) is 35.5 Å². The Morgan fingerprint density at radius 1 is 1.39 bits per heavy atom. The Kier molecular flexibility index (Phi) is 3.31. The molecule has 0 aromatic carbocycles. The van der Waals surface area contributed by atoms with Crippen LogP contribution in [-0.2, 0) is 6.54 Å². The minimum atomic E-state index is 0.811. The molecule has 3 rings (SSSR count). The van der Waals surface area contributed by atoms with Crippen LogP contribution in [0.15, 0.2) is 46.0 Å². The predicted octanol–water partition coefficient (Wildman–Crippen LogP) is 2.66. The number of rotatable bonds is 4. The molecule has 4 nitrogen and oxygen atoms in total. The number of thiazole rings is 1. The zero-order valence-electron chi connectivity index (χ0n) is 9.83. The van der Waals surface area contributed by atoms with Crippen LogP contribution in [0.2, 0.25) is 0 Å². The average Bonchev–Trinajstić information content (AvgIpc) is 2.95. The molecule has 3 aromatic rings. The molecule has 0 amide bonds. The number of aromatic nitrogens is 3. The number of nitrogens with zero attached hydrogens (tertiary/aromatic N) is 3. The number of pyridine rings is 1. The van der Waals surface area contributed by atoms with Crippen molar-refractivity contribution in [3.63, 3.8) is 0 Å². The predicted molar refractivity (Wildman–Crippen MR) is 74.2 cm³/mol. The van der Waals surface area contributed by atoms with E-state index in [9.17, 15) is 0 Å². The van der Waals surface area contributed by atoms with Crippen LogP contribution in [0, 0.1) is 0 Å². The van der Waals surface area contributed by atoms with Crippen molar-refractivity contribution in [3.8, 4) is 0 Å². The number of imidazole rings is 1. The molecule has 0 fully saturated rings. The van der Waals surface area contributed by atoms with Gasteiger partial charge in [-0.1, -0.05) is 11.8 Å². The maximum Gasteiger partial charge on any atom is 0.194 e. The summed E-state index contributed by atoms with van der Waals surface area (Å²) in [4.78, 5) is 10.9. The van der Waals surface area contributed by atoms with Crippen LogP contribution in [0.5, 0.6) is 0 Å². The molecule has 0 aliphatic carbocycles. The molecule has 0 spiro atoms. The summed E-state index contributed by atoms with van der Waals surface area (Å²) in [7, 11) is 1.95. The van der Waals surface area contributed by atoms with E-state index in [0.717, 1.165) is 21.4 Å². The minimum Gasteiger partial charge on any atom is -0.314 e. The summed E-state index contributed by atoms with van der Waals surface area (Å²) in [6.07, 6.45) is 5.67. The van der Waals surface area contributed by atoms with E-state index in [1.807, 2.05) is 19.2 Å². The van der Waals surface area contributed by atoms with Gasteiger partial charge in [0.25, 0.3) is 0 Å². The van der Waals surface area contributed by atoms with Gasteiger partial charge in [-0.15, -0.1) is 11.3 Å². The van der Waals surface area contributed by atoms with Crippen molar-refractivity contribution < 1.29 is 0 Å². The lowest BCUT2D eigenvalue weighted by Crippen LogP contribution is -2.07. The Bertz CT molecular complexity index is 644. The molecule has 3 aromatic heterocycles. The standard InChI is InChI=1S/C12H12N4S2/c1-13-8-10-11(15-12-16(10)6-7-17-12)18-9-2-4-14-5-3-9/h2-7,13H,8H2,1H3. The topological polar surface area (TPSA) is 42.2 Å². The Labute approximate surface area is 113 Å². The largest absolute Gasteiger partial charge is 0.314 e. The molecule has 0 atom stereocenters. The van der Waals surface area contributed by atoms with Gasteiger partial charge in [0.05, 0.1) is 5.69 Å². The van der Waals surface area contributed by atoms with Crippen LogP contribution in [0.3, 0.4) is 0 Å². The quantitative estimate of drug-likeness (QED) is 0.795. The Balaban J connectivity index is 2.00. The molecule has 3 heterocycles. The molecular formula is C12H12N4S2. The van der Waals surface area contributed by atoms with Gasteiger partial charge in [-0.2, -0.15) is 0 Å². The Morgan fingerprint density at radius 3 is 3.00 bits per heavy atom. The van der Waals surface area contributed by atoms with Crippen LogP contribution >= 0.6 is 23.1 Å². The summed E-state index contributed by atoms with van der Waals surface area (Å²) in [5, 5.41) is 6.31. The molecule has 0 saturated heterocycles. The van der Waals surface area contributed by atoms with E-state index in [4.69, 9.17) is 0 Å². The first-order chi connectivity index (χ1) is 8.88. The van der Waals surface area contributed by atoms with Crippen LogP contribution < -0.4 is 5.32 Å². The van der Waals surface area contributed by atoms with E-state index in [2.05, 4.69) is 31.3 Å². The summed E-state index contributed by atoms with van der Waals surface area (Å²) in [6, 6.07) is 4.00. The highest BCUT2D eigenvalue weighted by Gasteiger charge is 2.13. The fraction of sp³-hybridized carbons (Fsp3) is 0.167. The number of hydrogen-bond donors (Lipinski definition) is 1. The highest BCUT2D eigenvalue weighted by molar-refractivity contribution is 7.99. The molecule has 0 radical (unpaired) electrons. The highest BCUT2D eigenvalue weighted by atomic mass is 32.2. The van der Waals surface area contributed by atoms with Crippen molar-refractivity contribution in [1.82, 2.24) is 19.7 Å². The summed E-state index contributed by atoms with van der Waals surface area (Å²) < 4.78 is 2.14. The molecule has 0 aliphatic rings. The van der Waals surface area contributed by atoms with Crippen molar-refractivity contribution >= 4 is 28.1 Å². The molecule has 1 N–H and O–H groups in total. The second kappa shape index (κ2) is 5.09. The van der Waals surface area contributed by atoms with Crippen molar-refractivity contribution in [2.45, 2.75) is 16.5 Å². The third-order valence-corrected chi connectivity index (χ3v) is 4.32. The first-order valence-electron chi connectivity index (χ1n) is 5.55. The molecular weight excluding hydrogens is 264 g/mol. The van der Waals surface area contributed by atoms with Gasteiger partial charge in [0.2, 0.25) is 0 Å². The molecule has 0 saturated carbocycles. The lowest BCUT2D eigenvalue weighted by Gasteiger charge is -2.02. The second-order valence-corrected chi connectivity index (χ2v) is 5.67. The van der Waals surface area contributed by atoms with Crippen molar-refractivity contribution in [2.75, 3.05) is 7.05 Å². The van der Waals surface area contributed by atoms with Crippen LogP contribution in [0.4, 0.5) is 0 Å². The highest BCUT2D eigenvalue weighted by Crippen LogP contribution is 2.31. The maximum atomic E-state index is 4.67. The second-order valence-electron chi connectivity index (χ2n) is 3.73. The van der Waals surface area contributed by atoms with Gasteiger partial charge >= 0.3 is 0 Å². The summed E-state index contributed by atoms with van der Waals surface area (Å²) in [5.74, 6) is 0. The fourth-order valence-corrected chi connectivity index (χ4v) is 3.43. The Morgan fingerprint density at radius 2 is 2.22 bits per heavy atom. The van der Waals surface area contributed by atoms with Gasteiger partial charge < -0.3 is 5.32 Å². The van der Waals surface area contributed by atoms with Crippen LogP contribution in [0.25, 0.3) is 4.96 Å². The molecule has 0 aliphatic heterocycles. The maximum absolute atomic E-state index is 4.67. The monoisotopic (exact) mass is 276 g/mol. The van der Waals surface area contributed by atoms with E-state index in [-0.39, 0.29) is 0 Å². The van der Waals surface area contributed by atoms with Gasteiger partial charge in [0.15, 0.2) is 4.96 Å². The average molecular weight is 276 g/mol. The molecule has 0 bridgehead atoms. The summed E-state index contributed by atoms with van der Waals surface area (Å²) in [5.41, 5.74) is 1.20. The zero-order chi connectivity index (χ0) is 12.4. The van der Waals surface area contributed by atoms with Gasteiger partial charge in [-0.3, -0.25) is 9.38 Å². The summed E-state index contributed by atoms with van der Waals surface area (Å²) in [6.45, 7) is 0.811. The fourth-order valence-electron chi connectivity index (χ4n) is 1.74. The molecule has 0 unspecified atom stereocenters. The van der Waals surface area contributed by atoms with Crippen LogP contribution in [-0.4, -0.2) is 21.4 Å². The van der Waals surface area contributed by atoms with E-state index in [1.165, 1.54) is 5.69 Å². The molecule has 18 heavy (non-hydrogen) atoms. The smallest absolute Gasteiger partial charge is 0.194 e. The van der Waals surface area contributed by atoms with Crippen molar-refractivity contribution in [2.24, 2.45) is 0 Å². The number of hydrogen-bond acceptors (Lipinski definition) is 5. The first kappa shape index (κ1) is 11.7. The van der Waals surface area contributed by atoms with Gasteiger partial charge in [0.1, 0.15) is 5.03 Å². The SMILES string of the molecule is CNCc1c(Sc2ccncc2)nc2sccn12. The molecule has 92 valence electrons. The minimum absolute atomic E-state index is 0.811. The van der Waals surface area contributed by atoms with Gasteiger partial charge in [-0.05, 0) is 19.2 Å². The van der Waals surface area contributed by atoms with Crippen molar-refractivity contribution in [1.29, 1.82) is 0 Å². The summed E-state index contributed by atoms with van der Waals surface area (Å²) >= 11 is 3.34. The normalized spacial score (nSPS) is 11.2. The lowest BCUT2D eigenvalue weighted by molar-refractivity contribution is 0.765.